The van der Waals surface area contributed by atoms with E-state index in [4.69, 9.17) is 0 Å². The van der Waals surface area contributed by atoms with Gasteiger partial charge in [0.1, 0.15) is 11.6 Å². The molecule has 1 N–H and O–H groups in total. The molecule has 1 aliphatic heterocycles. The van der Waals surface area contributed by atoms with Crippen molar-refractivity contribution in [3.05, 3.63) is 77.2 Å². The Morgan fingerprint density at radius 1 is 1.12 bits per heavy atom. The topological polar surface area (TPSA) is 46.9 Å². The molecule has 2 atom stereocenters. The molecule has 0 radical (unpaired) electrons. The van der Waals surface area contributed by atoms with E-state index in [-0.39, 0.29) is 22.2 Å². The summed E-state index contributed by atoms with van der Waals surface area (Å²) in [6, 6.07) is 16.4. The van der Waals surface area contributed by atoms with Crippen LogP contribution in [0.5, 0.6) is 0 Å². The van der Waals surface area contributed by atoms with Crippen LogP contribution >= 0.6 is 11.8 Å². The number of carbonyl (C=O) groups is 1. The molecule has 1 aliphatic rings. The number of nitrogens with zero attached hydrogens (tertiary/aromatic N) is 2. The van der Waals surface area contributed by atoms with E-state index in [1.165, 1.54) is 17.8 Å². The quantitative estimate of drug-likeness (QED) is 0.726. The number of thioether (sulfide) groups is 1. The van der Waals surface area contributed by atoms with Crippen LogP contribution < -0.4 is 5.32 Å². The predicted molar refractivity (Wildman–Crippen MR) is 102 cm³/mol. The molecule has 4 rings (SSSR count). The van der Waals surface area contributed by atoms with Crippen LogP contribution in [0.3, 0.4) is 0 Å². The van der Waals surface area contributed by atoms with Crippen LogP contribution in [0.4, 0.5) is 10.2 Å². The summed E-state index contributed by atoms with van der Waals surface area (Å²) in [5, 5.41) is 7.02. The molecular formula is C20H18FN3OS. The molecule has 132 valence electrons. The number of hydrogen-bond acceptors (Lipinski definition) is 3. The van der Waals surface area contributed by atoms with Gasteiger partial charge in [0.15, 0.2) is 0 Å². The molecule has 0 saturated carbocycles. The van der Waals surface area contributed by atoms with E-state index in [0.717, 1.165) is 16.9 Å². The number of rotatable bonds is 2. The Morgan fingerprint density at radius 3 is 2.54 bits per heavy atom. The van der Waals surface area contributed by atoms with Gasteiger partial charge in [0, 0.05) is 11.1 Å². The van der Waals surface area contributed by atoms with Crippen LogP contribution in [0.1, 0.15) is 29.0 Å². The largest absolute Gasteiger partial charge is 0.309 e. The third kappa shape index (κ3) is 2.80. The normalized spacial score (nSPS) is 19.6. The second-order valence-electron chi connectivity index (χ2n) is 6.26. The highest BCUT2D eigenvalue weighted by Gasteiger charge is 2.35. The molecule has 2 heterocycles. The number of halogens is 1. The molecule has 0 saturated heterocycles. The van der Waals surface area contributed by atoms with Crippen molar-refractivity contribution in [1.82, 2.24) is 9.78 Å². The SMILES string of the molecule is Cc1nn(-c2ccccc2)c2c1[C@@H](c1ccccc1F)S[C@@H](C)C(=O)N2. The first-order valence-corrected chi connectivity index (χ1v) is 9.36. The van der Waals surface area contributed by atoms with E-state index in [0.29, 0.717) is 11.4 Å². The van der Waals surface area contributed by atoms with Crippen LogP contribution in [0, 0.1) is 12.7 Å². The van der Waals surface area contributed by atoms with Crippen LogP contribution in [0.25, 0.3) is 5.69 Å². The third-order valence-electron chi connectivity index (χ3n) is 4.51. The Bertz CT molecular complexity index is 970. The highest BCUT2D eigenvalue weighted by Crippen LogP contribution is 2.46. The van der Waals surface area contributed by atoms with Crippen LogP contribution in [-0.4, -0.2) is 20.9 Å². The molecule has 3 aromatic rings. The van der Waals surface area contributed by atoms with Crippen molar-refractivity contribution >= 4 is 23.5 Å². The molecule has 0 fully saturated rings. The molecular weight excluding hydrogens is 349 g/mol. The summed E-state index contributed by atoms with van der Waals surface area (Å²) in [4.78, 5) is 12.6. The number of benzene rings is 2. The van der Waals surface area contributed by atoms with Crippen molar-refractivity contribution in [3.8, 4) is 5.69 Å². The van der Waals surface area contributed by atoms with Crippen molar-refractivity contribution in [3.63, 3.8) is 0 Å². The Kier molecular flexibility index (Phi) is 4.28. The van der Waals surface area contributed by atoms with Gasteiger partial charge < -0.3 is 5.32 Å². The molecule has 1 amide bonds. The summed E-state index contributed by atoms with van der Waals surface area (Å²) in [7, 11) is 0. The molecule has 0 unspecified atom stereocenters. The summed E-state index contributed by atoms with van der Waals surface area (Å²) < 4.78 is 16.3. The van der Waals surface area contributed by atoms with E-state index in [1.54, 1.807) is 16.8 Å². The Hall–Kier alpha value is -2.60. The van der Waals surface area contributed by atoms with Gasteiger partial charge in [-0.25, -0.2) is 9.07 Å². The Morgan fingerprint density at radius 2 is 1.81 bits per heavy atom. The summed E-state index contributed by atoms with van der Waals surface area (Å²) in [5.74, 6) is 0.236. The monoisotopic (exact) mass is 367 g/mol. The van der Waals surface area contributed by atoms with E-state index in [2.05, 4.69) is 10.4 Å². The first-order valence-electron chi connectivity index (χ1n) is 8.42. The molecule has 1 aromatic heterocycles. The highest BCUT2D eigenvalue weighted by molar-refractivity contribution is 8.01. The van der Waals surface area contributed by atoms with Crippen molar-refractivity contribution < 1.29 is 9.18 Å². The number of para-hydroxylation sites is 1. The highest BCUT2D eigenvalue weighted by atomic mass is 32.2. The molecule has 0 bridgehead atoms. The summed E-state index contributed by atoms with van der Waals surface area (Å²) >= 11 is 1.44. The number of carbonyl (C=O) groups excluding carboxylic acids is 1. The molecule has 6 heteroatoms. The lowest BCUT2D eigenvalue weighted by atomic mass is 10.0. The zero-order valence-electron chi connectivity index (χ0n) is 14.4. The van der Waals surface area contributed by atoms with Gasteiger partial charge in [0.2, 0.25) is 5.91 Å². The fraction of sp³-hybridized carbons (Fsp3) is 0.200. The maximum atomic E-state index is 14.5. The van der Waals surface area contributed by atoms with Gasteiger partial charge in [-0.1, -0.05) is 36.4 Å². The van der Waals surface area contributed by atoms with Gasteiger partial charge in [-0.3, -0.25) is 4.79 Å². The fourth-order valence-electron chi connectivity index (χ4n) is 3.20. The van der Waals surface area contributed by atoms with Gasteiger partial charge in [-0.15, -0.1) is 11.8 Å². The second-order valence-corrected chi connectivity index (χ2v) is 7.71. The number of hydrogen-bond donors (Lipinski definition) is 1. The molecule has 2 aromatic carbocycles. The van der Waals surface area contributed by atoms with Gasteiger partial charge >= 0.3 is 0 Å². The first-order chi connectivity index (χ1) is 12.6. The van der Waals surface area contributed by atoms with E-state index >= 15 is 0 Å². The average Bonchev–Trinajstić information content (AvgIpc) is 2.89. The lowest BCUT2D eigenvalue weighted by Crippen LogP contribution is -2.22. The zero-order valence-corrected chi connectivity index (χ0v) is 15.3. The van der Waals surface area contributed by atoms with E-state index in [1.807, 2.05) is 50.2 Å². The van der Waals surface area contributed by atoms with Crippen LogP contribution in [0.2, 0.25) is 0 Å². The zero-order chi connectivity index (χ0) is 18.3. The molecule has 0 spiro atoms. The van der Waals surface area contributed by atoms with E-state index < -0.39 is 0 Å². The number of aryl methyl sites for hydroxylation is 1. The van der Waals surface area contributed by atoms with Crippen molar-refractivity contribution in [2.75, 3.05) is 5.32 Å². The minimum Gasteiger partial charge on any atom is -0.309 e. The predicted octanol–water partition coefficient (Wildman–Crippen LogP) is 4.48. The standard InChI is InChI=1S/C20H18FN3OS/c1-12-17-18(15-10-6-7-11-16(15)21)26-13(2)20(25)22-19(17)24(23-12)14-8-4-3-5-9-14/h3-11,13,18H,1-2H3,(H,22,25)/t13-,18+/m0/s1. The number of amides is 1. The Balaban J connectivity index is 1.94. The first kappa shape index (κ1) is 16.8. The van der Waals surface area contributed by atoms with Crippen LogP contribution in [-0.2, 0) is 4.79 Å². The van der Waals surface area contributed by atoms with Crippen molar-refractivity contribution in [2.45, 2.75) is 24.3 Å². The number of anilines is 1. The Labute approximate surface area is 155 Å². The lowest BCUT2D eigenvalue weighted by Gasteiger charge is -2.18. The molecule has 0 aliphatic carbocycles. The van der Waals surface area contributed by atoms with Gasteiger partial charge in [0.25, 0.3) is 0 Å². The maximum absolute atomic E-state index is 14.5. The number of nitrogens with one attached hydrogen (secondary N) is 1. The lowest BCUT2D eigenvalue weighted by molar-refractivity contribution is -0.115. The smallest absolute Gasteiger partial charge is 0.238 e. The van der Waals surface area contributed by atoms with Crippen LogP contribution in [0.15, 0.2) is 54.6 Å². The minimum atomic E-state index is -0.310. The van der Waals surface area contributed by atoms with Crippen molar-refractivity contribution in [1.29, 1.82) is 0 Å². The average molecular weight is 367 g/mol. The maximum Gasteiger partial charge on any atom is 0.238 e. The van der Waals surface area contributed by atoms with Crippen molar-refractivity contribution in [2.24, 2.45) is 0 Å². The fourth-order valence-corrected chi connectivity index (χ4v) is 4.55. The number of aromatic nitrogens is 2. The summed E-state index contributed by atoms with van der Waals surface area (Å²) in [5.41, 5.74) is 3.04. The van der Waals surface area contributed by atoms with Gasteiger partial charge in [-0.2, -0.15) is 5.10 Å². The number of fused-ring (bicyclic) bond motifs is 1. The third-order valence-corrected chi connectivity index (χ3v) is 5.89. The summed E-state index contributed by atoms with van der Waals surface area (Å²) in [6.45, 7) is 3.74. The van der Waals surface area contributed by atoms with Gasteiger partial charge in [-0.05, 0) is 32.0 Å². The van der Waals surface area contributed by atoms with Gasteiger partial charge in [0.05, 0.1) is 21.9 Å². The minimum absolute atomic E-state index is 0.104. The molecule has 4 nitrogen and oxygen atoms in total. The second kappa shape index (κ2) is 6.61. The molecule has 26 heavy (non-hydrogen) atoms. The summed E-state index contributed by atoms with van der Waals surface area (Å²) in [6.07, 6.45) is 0. The van der Waals surface area contributed by atoms with E-state index in [9.17, 15) is 9.18 Å².